The van der Waals surface area contributed by atoms with Crippen molar-refractivity contribution < 1.29 is 4.79 Å². The van der Waals surface area contributed by atoms with E-state index >= 15 is 0 Å². The molecule has 0 saturated heterocycles. The second kappa shape index (κ2) is 8.32. The van der Waals surface area contributed by atoms with Gasteiger partial charge in [0.05, 0.1) is 12.0 Å². The van der Waals surface area contributed by atoms with Gasteiger partial charge in [0.2, 0.25) is 5.91 Å². The van der Waals surface area contributed by atoms with Crippen molar-refractivity contribution in [3.63, 3.8) is 0 Å². The SMILES string of the molecule is CCCCN(CCCC)C(=O)C1C=C2c3cccc4[nH]cc(c34)CC2N(C#N)C1. The van der Waals surface area contributed by atoms with Gasteiger partial charge in [0.1, 0.15) is 0 Å². The number of H-pyrrole nitrogens is 1. The van der Waals surface area contributed by atoms with Gasteiger partial charge in [-0.25, -0.2) is 0 Å². The lowest BCUT2D eigenvalue weighted by molar-refractivity contribution is -0.134. The van der Waals surface area contributed by atoms with Crippen LogP contribution in [0.4, 0.5) is 0 Å². The Labute approximate surface area is 173 Å². The molecule has 1 aliphatic heterocycles. The molecule has 2 aromatic rings. The van der Waals surface area contributed by atoms with E-state index in [1.807, 2.05) is 9.80 Å². The summed E-state index contributed by atoms with van der Waals surface area (Å²) in [5, 5.41) is 11.1. The van der Waals surface area contributed by atoms with Crippen molar-refractivity contribution in [2.45, 2.75) is 52.0 Å². The molecule has 5 heteroatoms. The lowest BCUT2D eigenvalue weighted by Crippen LogP contribution is -2.47. The summed E-state index contributed by atoms with van der Waals surface area (Å²) in [7, 11) is 0. The number of hydrogen-bond acceptors (Lipinski definition) is 3. The van der Waals surface area contributed by atoms with Crippen molar-refractivity contribution in [1.82, 2.24) is 14.8 Å². The summed E-state index contributed by atoms with van der Waals surface area (Å²) in [5.41, 5.74) is 4.69. The van der Waals surface area contributed by atoms with Crippen LogP contribution < -0.4 is 0 Å². The second-order valence-electron chi connectivity index (χ2n) is 8.28. The Hall–Kier alpha value is -2.74. The van der Waals surface area contributed by atoms with Crippen molar-refractivity contribution in [2.75, 3.05) is 19.6 Å². The molecular weight excluding hydrogens is 360 g/mol. The minimum Gasteiger partial charge on any atom is -0.361 e. The van der Waals surface area contributed by atoms with E-state index in [9.17, 15) is 10.1 Å². The molecule has 1 N–H and O–H groups in total. The van der Waals surface area contributed by atoms with Gasteiger partial charge in [0, 0.05) is 36.7 Å². The van der Waals surface area contributed by atoms with Crippen LogP contribution in [-0.2, 0) is 11.2 Å². The molecule has 0 saturated carbocycles. The van der Waals surface area contributed by atoms with E-state index in [1.165, 1.54) is 16.5 Å². The lowest BCUT2D eigenvalue weighted by Gasteiger charge is -2.39. The van der Waals surface area contributed by atoms with Gasteiger partial charge in [-0.1, -0.05) is 44.9 Å². The number of hydrogen-bond donors (Lipinski definition) is 1. The first-order chi connectivity index (χ1) is 14.2. The van der Waals surface area contributed by atoms with Gasteiger partial charge < -0.3 is 14.8 Å². The summed E-state index contributed by atoms with van der Waals surface area (Å²) in [6.07, 6.45) is 11.6. The largest absolute Gasteiger partial charge is 0.361 e. The van der Waals surface area contributed by atoms with Crippen LogP contribution in [0.2, 0.25) is 0 Å². The quantitative estimate of drug-likeness (QED) is 0.716. The van der Waals surface area contributed by atoms with Gasteiger partial charge in [0.15, 0.2) is 6.19 Å². The molecule has 0 fully saturated rings. The number of amides is 1. The first-order valence-corrected chi connectivity index (χ1v) is 10.9. The van der Waals surface area contributed by atoms with Crippen molar-refractivity contribution >= 4 is 22.4 Å². The van der Waals surface area contributed by atoms with E-state index in [4.69, 9.17) is 0 Å². The van der Waals surface area contributed by atoms with Crippen LogP contribution in [0.1, 0.15) is 50.7 Å². The molecule has 1 aromatic heterocycles. The molecule has 4 rings (SSSR count). The zero-order valence-corrected chi connectivity index (χ0v) is 17.4. The van der Waals surface area contributed by atoms with Gasteiger partial charge in [-0.05, 0) is 42.0 Å². The molecule has 2 unspecified atom stereocenters. The van der Waals surface area contributed by atoms with E-state index in [2.05, 4.69) is 55.5 Å². The van der Waals surface area contributed by atoms with Crippen LogP contribution in [0.5, 0.6) is 0 Å². The average molecular weight is 391 g/mol. The minimum atomic E-state index is -0.259. The van der Waals surface area contributed by atoms with Crippen molar-refractivity contribution in [2.24, 2.45) is 5.92 Å². The molecule has 1 aliphatic carbocycles. The average Bonchev–Trinajstić information content (AvgIpc) is 3.17. The number of rotatable bonds is 7. The third-order valence-electron chi connectivity index (χ3n) is 6.34. The number of benzene rings is 1. The highest BCUT2D eigenvalue weighted by Gasteiger charge is 2.38. The Kier molecular flexibility index (Phi) is 5.62. The summed E-state index contributed by atoms with van der Waals surface area (Å²) < 4.78 is 0. The van der Waals surface area contributed by atoms with Gasteiger partial charge in [-0.15, -0.1) is 0 Å². The summed E-state index contributed by atoms with van der Waals surface area (Å²) in [5.74, 6) is -0.0875. The third-order valence-corrected chi connectivity index (χ3v) is 6.34. The highest BCUT2D eigenvalue weighted by molar-refractivity contribution is 5.99. The molecule has 5 nitrogen and oxygen atoms in total. The Morgan fingerprint density at radius 1 is 1.28 bits per heavy atom. The molecular formula is C24H30N4O. The monoisotopic (exact) mass is 390 g/mol. The number of carbonyl (C=O) groups is 1. The van der Waals surface area contributed by atoms with E-state index in [0.717, 1.165) is 56.3 Å². The Morgan fingerprint density at radius 2 is 2.03 bits per heavy atom. The smallest absolute Gasteiger partial charge is 0.231 e. The minimum absolute atomic E-state index is 0.0256. The number of fused-ring (bicyclic) bond motifs is 2. The lowest BCUT2D eigenvalue weighted by atomic mass is 9.79. The summed E-state index contributed by atoms with van der Waals surface area (Å²) >= 11 is 0. The van der Waals surface area contributed by atoms with E-state index in [-0.39, 0.29) is 17.9 Å². The van der Waals surface area contributed by atoms with Crippen LogP contribution in [0.15, 0.2) is 30.5 Å². The maximum Gasteiger partial charge on any atom is 0.231 e. The molecule has 2 atom stereocenters. The summed E-state index contributed by atoms with van der Waals surface area (Å²) in [4.78, 5) is 20.6. The highest BCUT2D eigenvalue weighted by Crippen LogP contribution is 2.41. The first kappa shape index (κ1) is 19.6. The molecule has 1 aromatic carbocycles. The predicted molar refractivity (Wildman–Crippen MR) is 116 cm³/mol. The van der Waals surface area contributed by atoms with Crippen LogP contribution in [0.3, 0.4) is 0 Å². The maximum absolute atomic E-state index is 13.4. The predicted octanol–water partition coefficient (Wildman–Crippen LogP) is 4.32. The number of nitrogens with one attached hydrogen (secondary N) is 1. The van der Waals surface area contributed by atoms with Crippen LogP contribution in [0.25, 0.3) is 16.5 Å². The zero-order valence-electron chi connectivity index (χ0n) is 17.4. The van der Waals surface area contributed by atoms with Crippen LogP contribution >= 0.6 is 0 Å². The number of nitrogens with zero attached hydrogens (tertiary/aromatic N) is 3. The molecule has 0 spiro atoms. The number of nitriles is 1. The number of aromatic nitrogens is 1. The van der Waals surface area contributed by atoms with Gasteiger partial charge >= 0.3 is 0 Å². The molecule has 29 heavy (non-hydrogen) atoms. The normalized spacial score (nSPS) is 20.2. The van der Waals surface area contributed by atoms with E-state index in [0.29, 0.717) is 6.54 Å². The molecule has 0 radical (unpaired) electrons. The molecule has 152 valence electrons. The van der Waals surface area contributed by atoms with E-state index in [1.54, 1.807) is 0 Å². The fourth-order valence-corrected chi connectivity index (χ4v) is 4.77. The fourth-order valence-electron chi connectivity index (χ4n) is 4.77. The van der Waals surface area contributed by atoms with Crippen molar-refractivity contribution in [3.8, 4) is 6.19 Å². The standard InChI is InChI=1S/C24H30N4O/c1-3-5-10-27(11-6-4-2)24(29)18-12-20-19-8-7-9-21-23(19)17(14-26-21)13-22(20)28(15-18)16-25/h7-9,12,14,18,22,26H,3-6,10-11,13,15H2,1-2H3. The van der Waals surface area contributed by atoms with Crippen LogP contribution in [0, 0.1) is 17.4 Å². The second-order valence-corrected chi connectivity index (χ2v) is 8.28. The number of aromatic amines is 1. The number of carbonyl (C=O) groups excluding carboxylic acids is 1. The van der Waals surface area contributed by atoms with E-state index < -0.39 is 0 Å². The summed E-state index contributed by atoms with van der Waals surface area (Å²) in [6.45, 7) is 6.41. The topological polar surface area (TPSA) is 63.1 Å². The van der Waals surface area contributed by atoms with Gasteiger partial charge in [-0.2, -0.15) is 5.26 Å². The Morgan fingerprint density at radius 3 is 2.72 bits per heavy atom. The highest BCUT2D eigenvalue weighted by atomic mass is 16.2. The van der Waals surface area contributed by atoms with Crippen LogP contribution in [-0.4, -0.2) is 46.4 Å². The molecule has 2 aliphatic rings. The summed E-state index contributed by atoms with van der Waals surface area (Å²) in [6, 6.07) is 6.30. The zero-order chi connectivity index (χ0) is 20.4. The maximum atomic E-state index is 13.4. The van der Waals surface area contributed by atoms with Crippen molar-refractivity contribution in [3.05, 3.63) is 41.6 Å². The molecule has 1 amide bonds. The third kappa shape index (κ3) is 3.53. The molecule has 2 heterocycles. The fraction of sp³-hybridized carbons (Fsp3) is 0.500. The Balaban J connectivity index is 1.70. The molecule has 0 bridgehead atoms. The first-order valence-electron chi connectivity index (χ1n) is 10.9. The number of unbranched alkanes of at least 4 members (excludes halogenated alkanes) is 2. The Bertz CT molecular complexity index is 959. The van der Waals surface area contributed by atoms with Gasteiger partial charge in [-0.3, -0.25) is 4.79 Å². The van der Waals surface area contributed by atoms with Gasteiger partial charge in [0.25, 0.3) is 0 Å². The van der Waals surface area contributed by atoms with Crippen molar-refractivity contribution in [1.29, 1.82) is 5.26 Å².